The molecule has 0 aliphatic carbocycles. The second-order valence-electron chi connectivity index (χ2n) is 2.79. The molecule has 1 fully saturated rings. The molecule has 0 saturated carbocycles. The van der Waals surface area contributed by atoms with Gasteiger partial charge in [-0.25, -0.2) is 4.63 Å². The van der Waals surface area contributed by atoms with Gasteiger partial charge in [0, 0.05) is 13.1 Å². The molecule has 0 atom stereocenters. The van der Waals surface area contributed by atoms with E-state index in [1.54, 1.807) is 4.90 Å². The Bertz CT molecular complexity index is 264. The fourth-order valence-corrected chi connectivity index (χ4v) is 1.34. The summed E-state index contributed by atoms with van der Waals surface area (Å²) in [6, 6.07) is 0. The van der Waals surface area contributed by atoms with Crippen molar-refractivity contribution in [1.82, 2.24) is 15.2 Å². The van der Waals surface area contributed by atoms with E-state index in [-0.39, 0.29) is 5.91 Å². The van der Waals surface area contributed by atoms with Gasteiger partial charge in [-0.3, -0.25) is 4.79 Å². The predicted molar refractivity (Wildman–Crippen MR) is 39.4 cm³/mol. The third kappa shape index (κ3) is 1.17. The molecule has 1 aromatic heterocycles. The van der Waals surface area contributed by atoms with Crippen LogP contribution in [0.5, 0.6) is 0 Å². The molecular weight excluding hydrogens is 158 g/mol. The average Bonchev–Trinajstić information content (AvgIpc) is 2.77. The molecule has 2 rings (SSSR count). The van der Waals surface area contributed by atoms with Gasteiger partial charge >= 0.3 is 0 Å². The van der Waals surface area contributed by atoms with Crippen LogP contribution < -0.4 is 0 Å². The van der Waals surface area contributed by atoms with Gasteiger partial charge < -0.3 is 4.90 Å². The van der Waals surface area contributed by atoms with Crippen LogP contribution in [-0.4, -0.2) is 34.2 Å². The van der Waals surface area contributed by atoms with Crippen molar-refractivity contribution in [3.63, 3.8) is 0 Å². The highest BCUT2D eigenvalue weighted by atomic mass is 16.6. The monoisotopic (exact) mass is 167 g/mol. The Labute approximate surface area is 69.3 Å². The zero-order valence-electron chi connectivity index (χ0n) is 6.56. The van der Waals surface area contributed by atoms with Gasteiger partial charge in [0.25, 0.3) is 5.91 Å². The smallest absolute Gasteiger partial charge is 0.277 e. The van der Waals surface area contributed by atoms with E-state index in [2.05, 4.69) is 14.9 Å². The highest BCUT2D eigenvalue weighted by Crippen LogP contribution is 2.10. The van der Waals surface area contributed by atoms with Crippen LogP contribution in [0.3, 0.4) is 0 Å². The van der Waals surface area contributed by atoms with E-state index in [0.29, 0.717) is 5.69 Å². The van der Waals surface area contributed by atoms with Gasteiger partial charge in [-0.2, -0.15) is 0 Å². The summed E-state index contributed by atoms with van der Waals surface area (Å²) in [5.41, 5.74) is 0.303. The topological polar surface area (TPSA) is 59.2 Å². The van der Waals surface area contributed by atoms with Gasteiger partial charge in [-0.1, -0.05) is 5.16 Å². The van der Waals surface area contributed by atoms with Gasteiger partial charge in [-0.15, -0.1) is 0 Å². The van der Waals surface area contributed by atoms with Gasteiger partial charge in [-0.05, 0) is 18.0 Å². The molecule has 2 heterocycles. The largest absolute Gasteiger partial charge is 0.337 e. The van der Waals surface area contributed by atoms with Crippen LogP contribution in [-0.2, 0) is 0 Å². The third-order valence-electron chi connectivity index (χ3n) is 1.97. The van der Waals surface area contributed by atoms with Gasteiger partial charge in [0.15, 0.2) is 5.69 Å². The Kier molecular flexibility index (Phi) is 1.77. The SMILES string of the molecule is O=C(c1cnon1)N1CCCC1. The second kappa shape index (κ2) is 2.92. The minimum atomic E-state index is -0.0752. The summed E-state index contributed by atoms with van der Waals surface area (Å²) in [6.07, 6.45) is 3.51. The number of carbonyl (C=O) groups is 1. The zero-order valence-corrected chi connectivity index (χ0v) is 6.56. The molecule has 1 saturated heterocycles. The lowest BCUT2D eigenvalue weighted by Crippen LogP contribution is -2.27. The summed E-state index contributed by atoms with van der Waals surface area (Å²) in [4.78, 5) is 13.2. The van der Waals surface area contributed by atoms with Crippen molar-refractivity contribution in [1.29, 1.82) is 0 Å². The van der Waals surface area contributed by atoms with Crippen molar-refractivity contribution in [2.45, 2.75) is 12.8 Å². The first-order chi connectivity index (χ1) is 5.88. The highest BCUT2D eigenvalue weighted by Gasteiger charge is 2.21. The van der Waals surface area contributed by atoms with Crippen LogP contribution in [0.1, 0.15) is 23.3 Å². The molecule has 5 nitrogen and oxygen atoms in total. The number of rotatable bonds is 1. The quantitative estimate of drug-likeness (QED) is 0.603. The molecular formula is C7H9N3O2. The molecule has 0 bridgehead atoms. The molecule has 0 spiro atoms. The Balaban J connectivity index is 2.09. The predicted octanol–water partition coefficient (Wildman–Crippen LogP) is 0.306. The molecule has 1 amide bonds. The molecule has 1 aliphatic heterocycles. The second-order valence-corrected chi connectivity index (χ2v) is 2.79. The van der Waals surface area contributed by atoms with Crippen LogP contribution in [0.25, 0.3) is 0 Å². The van der Waals surface area contributed by atoms with Crippen LogP contribution in [0.2, 0.25) is 0 Å². The van der Waals surface area contributed by atoms with Crippen LogP contribution in [0.15, 0.2) is 10.8 Å². The van der Waals surface area contributed by atoms with Crippen molar-refractivity contribution >= 4 is 5.91 Å². The molecule has 0 aromatic carbocycles. The maximum absolute atomic E-state index is 11.5. The first-order valence-corrected chi connectivity index (χ1v) is 3.95. The van der Waals surface area contributed by atoms with Crippen LogP contribution in [0, 0.1) is 0 Å². The van der Waals surface area contributed by atoms with E-state index >= 15 is 0 Å². The fourth-order valence-electron chi connectivity index (χ4n) is 1.34. The van der Waals surface area contributed by atoms with E-state index in [4.69, 9.17) is 0 Å². The normalized spacial score (nSPS) is 16.8. The van der Waals surface area contributed by atoms with Gasteiger partial charge in [0.2, 0.25) is 0 Å². The number of amides is 1. The first kappa shape index (κ1) is 7.27. The summed E-state index contributed by atoms with van der Waals surface area (Å²) in [5, 5.41) is 6.86. The minimum absolute atomic E-state index is 0.0752. The number of hydrogen-bond donors (Lipinski definition) is 0. The van der Waals surface area contributed by atoms with Crippen molar-refractivity contribution in [2.75, 3.05) is 13.1 Å². The van der Waals surface area contributed by atoms with E-state index in [9.17, 15) is 4.79 Å². The van der Waals surface area contributed by atoms with Crippen LogP contribution >= 0.6 is 0 Å². The zero-order chi connectivity index (χ0) is 8.39. The third-order valence-corrected chi connectivity index (χ3v) is 1.97. The highest BCUT2D eigenvalue weighted by molar-refractivity contribution is 5.91. The van der Waals surface area contributed by atoms with E-state index < -0.39 is 0 Å². The molecule has 64 valence electrons. The number of likely N-dealkylation sites (tertiary alicyclic amines) is 1. The Morgan fingerprint density at radius 3 is 2.83 bits per heavy atom. The summed E-state index contributed by atoms with van der Waals surface area (Å²) in [7, 11) is 0. The van der Waals surface area contributed by atoms with Crippen LogP contribution in [0.4, 0.5) is 0 Å². The molecule has 5 heteroatoms. The fraction of sp³-hybridized carbons (Fsp3) is 0.571. The standard InChI is InChI=1S/C7H9N3O2/c11-7(6-5-8-12-9-6)10-3-1-2-4-10/h5H,1-4H2. The molecule has 12 heavy (non-hydrogen) atoms. The van der Waals surface area contributed by atoms with Crippen molar-refractivity contribution in [3.05, 3.63) is 11.9 Å². The van der Waals surface area contributed by atoms with Gasteiger partial charge in [0.1, 0.15) is 6.20 Å². The first-order valence-electron chi connectivity index (χ1n) is 3.95. The van der Waals surface area contributed by atoms with Crippen molar-refractivity contribution in [3.8, 4) is 0 Å². The number of aromatic nitrogens is 2. The average molecular weight is 167 g/mol. The molecule has 0 N–H and O–H groups in total. The molecule has 1 aliphatic rings. The molecule has 0 unspecified atom stereocenters. The summed E-state index contributed by atoms with van der Waals surface area (Å²) >= 11 is 0. The minimum Gasteiger partial charge on any atom is -0.337 e. The lowest BCUT2D eigenvalue weighted by atomic mass is 10.4. The van der Waals surface area contributed by atoms with Crippen molar-refractivity contribution < 1.29 is 9.42 Å². The lowest BCUT2D eigenvalue weighted by Gasteiger charge is -2.11. The summed E-state index contributed by atoms with van der Waals surface area (Å²) in [5.74, 6) is -0.0752. The van der Waals surface area contributed by atoms with E-state index in [1.807, 2.05) is 0 Å². The number of nitrogens with zero attached hydrogens (tertiary/aromatic N) is 3. The van der Waals surface area contributed by atoms with Gasteiger partial charge in [0.05, 0.1) is 0 Å². The van der Waals surface area contributed by atoms with Crippen molar-refractivity contribution in [2.24, 2.45) is 0 Å². The van der Waals surface area contributed by atoms with E-state index in [0.717, 1.165) is 25.9 Å². The molecule has 0 radical (unpaired) electrons. The van der Waals surface area contributed by atoms with E-state index in [1.165, 1.54) is 6.20 Å². The lowest BCUT2D eigenvalue weighted by molar-refractivity contribution is 0.0782. The maximum Gasteiger partial charge on any atom is 0.277 e. The maximum atomic E-state index is 11.5. The Morgan fingerprint density at radius 2 is 2.25 bits per heavy atom. The Hall–Kier alpha value is -1.39. The Morgan fingerprint density at radius 1 is 1.50 bits per heavy atom. The summed E-state index contributed by atoms with van der Waals surface area (Å²) in [6.45, 7) is 1.65. The number of carbonyl (C=O) groups excluding carboxylic acids is 1. The number of hydrogen-bond acceptors (Lipinski definition) is 4. The molecule has 1 aromatic rings. The summed E-state index contributed by atoms with van der Waals surface area (Å²) < 4.78 is 4.35.